The fraction of sp³-hybridized carbons (Fsp3) is 0.333. The Hall–Kier alpha value is -1.84. The molecule has 16 heavy (non-hydrogen) atoms. The third-order valence-corrected chi connectivity index (χ3v) is 2.20. The fourth-order valence-corrected chi connectivity index (χ4v) is 1.56. The van der Waals surface area contributed by atoms with E-state index in [1.54, 1.807) is 0 Å². The highest BCUT2D eigenvalue weighted by atomic mass is 16.4. The van der Waals surface area contributed by atoms with Gasteiger partial charge < -0.3 is 10.4 Å². The molecule has 0 aromatic heterocycles. The van der Waals surface area contributed by atoms with Crippen molar-refractivity contribution < 1.29 is 14.7 Å². The van der Waals surface area contributed by atoms with Crippen molar-refractivity contribution in [1.29, 1.82) is 0 Å². The van der Waals surface area contributed by atoms with Crippen LogP contribution < -0.4 is 5.32 Å². The van der Waals surface area contributed by atoms with Gasteiger partial charge in [0.15, 0.2) is 0 Å². The highest BCUT2D eigenvalue weighted by Gasteiger charge is 2.16. The van der Waals surface area contributed by atoms with Gasteiger partial charge in [0.1, 0.15) is 0 Å². The van der Waals surface area contributed by atoms with Gasteiger partial charge in [-0.15, -0.1) is 0 Å². The van der Waals surface area contributed by atoms with Gasteiger partial charge in [-0.2, -0.15) is 0 Å². The molecule has 4 heteroatoms. The lowest BCUT2D eigenvalue weighted by molar-refractivity contribution is -0.137. The van der Waals surface area contributed by atoms with E-state index in [1.165, 1.54) is 6.92 Å². The topological polar surface area (TPSA) is 66.4 Å². The summed E-state index contributed by atoms with van der Waals surface area (Å²) in [7, 11) is 0. The molecule has 1 aromatic carbocycles. The minimum absolute atomic E-state index is 0.108. The lowest BCUT2D eigenvalue weighted by Crippen LogP contribution is -2.28. The zero-order valence-corrected chi connectivity index (χ0v) is 9.36. The lowest BCUT2D eigenvalue weighted by Gasteiger charge is -2.16. The van der Waals surface area contributed by atoms with Gasteiger partial charge in [0.05, 0.1) is 12.5 Å². The number of benzene rings is 1. The normalized spacial score (nSPS) is 11.9. The van der Waals surface area contributed by atoms with Crippen molar-refractivity contribution >= 4 is 11.9 Å². The van der Waals surface area contributed by atoms with E-state index in [1.807, 2.05) is 31.2 Å². The Labute approximate surface area is 94.3 Å². The minimum atomic E-state index is -0.930. The summed E-state index contributed by atoms with van der Waals surface area (Å²) in [6.45, 7) is 3.31. The Morgan fingerprint density at radius 2 is 2.12 bits per heavy atom. The number of carboxylic acid groups (broad SMARTS) is 1. The number of aliphatic carboxylic acids is 1. The van der Waals surface area contributed by atoms with E-state index in [4.69, 9.17) is 5.11 Å². The summed E-state index contributed by atoms with van der Waals surface area (Å²) in [5, 5.41) is 11.4. The first-order valence-electron chi connectivity index (χ1n) is 5.04. The maximum atomic E-state index is 11.0. The second-order valence-electron chi connectivity index (χ2n) is 3.77. The van der Waals surface area contributed by atoms with Crippen LogP contribution in [0.4, 0.5) is 0 Å². The fourth-order valence-electron chi connectivity index (χ4n) is 1.56. The number of hydrogen-bond acceptors (Lipinski definition) is 2. The van der Waals surface area contributed by atoms with E-state index >= 15 is 0 Å². The molecule has 0 aliphatic carbocycles. The Morgan fingerprint density at radius 1 is 1.44 bits per heavy atom. The van der Waals surface area contributed by atoms with Crippen LogP contribution in [0.25, 0.3) is 0 Å². The van der Waals surface area contributed by atoms with Gasteiger partial charge in [-0.3, -0.25) is 9.59 Å². The summed E-state index contributed by atoms with van der Waals surface area (Å²) in [6, 6.07) is 7.01. The summed E-state index contributed by atoms with van der Waals surface area (Å²) >= 11 is 0. The molecule has 1 amide bonds. The zero-order valence-electron chi connectivity index (χ0n) is 9.36. The number of aryl methyl sites for hydroxylation is 1. The third-order valence-electron chi connectivity index (χ3n) is 2.20. The molecule has 1 atom stereocenters. The highest BCUT2D eigenvalue weighted by Crippen LogP contribution is 2.17. The molecule has 0 radical (unpaired) electrons. The number of carbonyl (C=O) groups is 2. The predicted molar refractivity (Wildman–Crippen MR) is 60.0 cm³/mol. The van der Waals surface area contributed by atoms with Crippen LogP contribution in [0, 0.1) is 6.92 Å². The van der Waals surface area contributed by atoms with E-state index in [9.17, 15) is 9.59 Å². The van der Waals surface area contributed by atoms with Crippen molar-refractivity contribution in [3.8, 4) is 0 Å². The molecule has 86 valence electrons. The molecule has 4 nitrogen and oxygen atoms in total. The van der Waals surface area contributed by atoms with Crippen LogP contribution in [0.2, 0.25) is 0 Å². The summed E-state index contributed by atoms with van der Waals surface area (Å²) in [4.78, 5) is 21.7. The number of hydrogen-bond donors (Lipinski definition) is 2. The quantitative estimate of drug-likeness (QED) is 0.812. The van der Waals surface area contributed by atoms with Gasteiger partial charge in [0.25, 0.3) is 0 Å². The second-order valence-corrected chi connectivity index (χ2v) is 3.77. The number of carbonyl (C=O) groups excluding carboxylic acids is 1. The summed E-state index contributed by atoms with van der Waals surface area (Å²) in [5.74, 6) is -1.16. The Bertz CT molecular complexity index is 385. The SMILES string of the molecule is CC(=O)NC(CC(=O)O)c1cccc(C)c1. The standard InChI is InChI=1S/C12H15NO3/c1-8-4-3-5-10(6-8)11(7-12(15)16)13-9(2)14/h3-6,11H,7H2,1-2H3,(H,13,14)(H,15,16). The van der Waals surface area contributed by atoms with Gasteiger partial charge in [-0.1, -0.05) is 29.8 Å². The van der Waals surface area contributed by atoms with Crippen LogP contribution >= 0.6 is 0 Å². The molecule has 0 saturated heterocycles. The van der Waals surface area contributed by atoms with Crippen molar-refractivity contribution in [3.05, 3.63) is 35.4 Å². The Kier molecular flexibility index (Phi) is 4.05. The molecule has 0 aliphatic heterocycles. The van der Waals surface area contributed by atoms with Crippen LogP contribution in [0.15, 0.2) is 24.3 Å². The predicted octanol–water partition coefficient (Wildman–Crippen LogP) is 1.65. The minimum Gasteiger partial charge on any atom is -0.481 e. The molecule has 2 N–H and O–H groups in total. The maximum Gasteiger partial charge on any atom is 0.305 e. The third kappa shape index (κ3) is 3.73. The van der Waals surface area contributed by atoms with Crippen molar-refractivity contribution in [3.63, 3.8) is 0 Å². The average molecular weight is 221 g/mol. The lowest BCUT2D eigenvalue weighted by atomic mass is 10.0. The Balaban J connectivity index is 2.90. The number of rotatable bonds is 4. The van der Waals surface area contributed by atoms with E-state index in [0.29, 0.717) is 0 Å². The molecular weight excluding hydrogens is 206 g/mol. The van der Waals surface area contributed by atoms with Gasteiger partial charge >= 0.3 is 5.97 Å². The molecule has 1 aromatic rings. The first-order chi connectivity index (χ1) is 7.49. The molecule has 0 spiro atoms. The molecule has 0 heterocycles. The summed E-state index contributed by atoms with van der Waals surface area (Å²) in [5.41, 5.74) is 1.86. The maximum absolute atomic E-state index is 11.0. The first kappa shape index (κ1) is 12.2. The zero-order chi connectivity index (χ0) is 12.1. The van der Waals surface area contributed by atoms with Crippen LogP contribution in [-0.2, 0) is 9.59 Å². The van der Waals surface area contributed by atoms with Crippen LogP contribution in [0.5, 0.6) is 0 Å². The van der Waals surface area contributed by atoms with Gasteiger partial charge in [0, 0.05) is 6.92 Å². The highest BCUT2D eigenvalue weighted by molar-refractivity contribution is 5.75. The summed E-state index contributed by atoms with van der Waals surface area (Å²) < 4.78 is 0. The molecule has 1 unspecified atom stereocenters. The van der Waals surface area contributed by atoms with E-state index in [2.05, 4.69) is 5.32 Å². The summed E-state index contributed by atoms with van der Waals surface area (Å²) in [6.07, 6.45) is -0.108. The van der Waals surface area contributed by atoms with Crippen LogP contribution in [0.1, 0.15) is 30.5 Å². The number of nitrogens with one attached hydrogen (secondary N) is 1. The van der Waals surface area contributed by atoms with Crippen molar-refractivity contribution in [2.24, 2.45) is 0 Å². The van der Waals surface area contributed by atoms with Crippen molar-refractivity contribution in [2.45, 2.75) is 26.3 Å². The smallest absolute Gasteiger partial charge is 0.305 e. The van der Waals surface area contributed by atoms with Crippen molar-refractivity contribution in [2.75, 3.05) is 0 Å². The van der Waals surface area contributed by atoms with Crippen LogP contribution in [0.3, 0.4) is 0 Å². The van der Waals surface area contributed by atoms with E-state index < -0.39 is 12.0 Å². The first-order valence-corrected chi connectivity index (χ1v) is 5.04. The van der Waals surface area contributed by atoms with Gasteiger partial charge in [0.2, 0.25) is 5.91 Å². The van der Waals surface area contributed by atoms with Gasteiger partial charge in [-0.05, 0) is 12.5 Å². The van der Waals surface area contributed by atoms with E-state index in [0.717, 1.165) is 11.1 Å². The average Bonchev–Trinajstić information content (AvgIpc) is 2.15. The molecule has 0 saturated carbocycles. The molecular formula is C12H15NO3. The molecule has 0 aliphatic rings. The van der Waals surface area contributed by atoms with Crippen molar-refractivity contribution in [1.82, 2.24) is 5.32 Å². The number of amides is 1. The van der Waals surface area contributed by atoms with Gasteiger partial charge in [-0.25, -0.2) is 0 Å². The molecule has 0 fully saturated rings. The number of carboxylic acids is 1. The monoisotopic (exact) mass is 221 g/mol. The molecule has 1 rings (SSSR count). The molecule has 0 bridgehead atoms. The Morgan fingerprint density at radius 3 is 2.62 bits per heavy atom. The second kappa shape index (κ2) is 5.30. The van der Waals surface area contributed by atoms with Crippen LogP contribution in [-0.4, -0.2) is 17.0 Å². The largest absolute Gasteiger partial charge is 0.481 e. The van der Waals surface area contributed by atoms with E-state index in [-0.39, 0.29) is 12.3 Å².